The van der Waals surface area contributed by atoms with Crippen molar-refractivity contribution in [1.82, 2.24) is 33.7 Å². The van der Waals surface area contributed by atoms with E-state index in [0.29, 0.717) is 44.8 Å². The van der Waals surface area contributed by atoms with E-state index in [4.69, 9.17) is 15.0 Å². The fraction of sp³-hybridized carbons (Fsp3) is 0.196. The summed E-state index contributed by atoms with van der Waals surface area (Å²) in [6.07, 6.45) is 0. The van der Waals surface area contributed by atoms with Crippen LogP contribution in [0.2, 0.25) is 0 Å². The lowest BCUT2D eigenvalue weighted by atomic mass is 10.2. The maximum Gasteiger partial charge on any atom is 0.294 e. The zero-order valence-corrected chi connectivity index (χ0v) is 43.0. The summed E-state index contributed by atoms with van der Waals surface area (Å²) in [6, 6.07) is 32.6. The molecule has 0 bridgehead atoms. The second-order valence-corrected chi connectivity index (χ2v) is 20.5. The van der Waals surface area contributed by atoms with Crippen LogP contribution in [0.25, 0.3) is 22.8 Å². The summed E-state index contributed by atoms with van der Waals surface area (Å²) in [5, 5.41) is 25.5. The highest BCUT2D eigenvalue weighted by Crippen LogP contribution is 2.37. The lowest BCUT2D eigenvalue weighted by Crippen LogP contribution is -2.21. The minimum absolute atomic E-state index is 0.190. The number of azo groups is 2. The van der Waals surface area contributed by atoms with Gasteiger partial charge in [-0.25, -0.2) is 0 Å². The maximum atomic E-state index is 11.8. The Morgan fingerprint density at radius 2 is 1.00 bits per heavy atom. The summed E-state index contributed by atoms with van der Waals surface area (Å²) in [6.45, 7) is 11.2. The number of nitrogens with one attached hydrogen (secondary N) is 2. The number of thioether (sulfide) groups is 1. The summed E-state index contributed by atoms with van der Waals surface area (Å²) in [4.78, 5) is 27.2. The highest BCUT2D eigenvalue weighted by atomic mass is 32.2. The molecule has 72 heavy (non-hydrogen) atoms. The molecule has 0 spiro atoms. The quantitative estimate of drug-likeness (QED) is 0.0296. The van der Waals surface area contributed by atoms with Gasteiger partial charge in [0.1, 0.15) is 11.4 Å². The van der Waals surface area contributed by atoms with E-state index in [0.717, 1.165) is 66.2 Å². The molecule has 3 heterocycles. The lowest BCUT2D eigenvalue weighted by Gasteiger charge is -2.22. The molecule has 0 unspecified atom stereocenters. The molecule has 0 aliphatic heterocycles. The minimum Gasteiger partial charge on any atom is -0.372 e. The molecule has 4 N–H and O–H groups in total. The summed E-state index contributed by atoms with van der Waals surface area (Å²) in [5.41, 5.74) is 5.50. The predicted octanol–water partition coefficient (Wildman–Crippen LogP) is 11.7. The summed E-state index contributed by atoms with van der Waals surface area (Å²) in [7, 11) is -8.88. The van der Waals surface area contributed by atoms with Gasteiger partial charge in [0, 0.05) is 77.5 Å². The summed E-state index contributed by atoms with van der Waals surface area (Å²) < 4.78 is 75.0. The van der Waals surface area contributed by atoms with Crippen LogP contribution in [-0.4, -0.2) is 85.8 Å². The first-order valence-corrected chi connectivity index (χ1v) is 27.5. The fourth-order valence-corrected chi connectivity index (χ4v) is 9.90. The van der Waals surface area contributed by atoms with Gasteiger partial charge < -0.3 is 20.4 Å². The van der Waals surface area contributed by atoms with Crippen LogP contribution in [0, 0.1) is 0 Å². The minimum atomic E-state index is -4.44. The normalized spacial score (nSPS) is 11.9. The van der Waals surface area contributed by atoms with Gasteiger partial charge in [0.05, 0.1) is 21.2 Å². The van der Waals surface area contributed by atoms with Crippen molar-refractivity contribution >= 4 is 111 Å². The molecule has 0 saturated carbocycles. The largest absolute Gasteiger partial charge is 0.372 e. The number of nitrogens with zero attached hydrogens (tertiary/aromatic N) is 13. The third kappa shape index (κ3) is 13.0. The molecule has 0 aliphatic carbocycles. The van der Waals surface area contributed by atoms with Gasteiger partial charge in [0.2, 0.25) is 22.2 Å². The van der Waals surface area contributed by atoms with Crippen LogP contribution in [-0.2, 0) is 26.0 Å². The van der Waals surface area contributed by atoms with Crippen LogP contribution in [0.5, 0.6) is 0 Å². The van der Waals surface area contributed by atoms with Gasteiger partial charge in [0.15, 0.2) is 16.8 Å². The van der Waals surface area contributed by atoms with Crippen LogP contribution in [0.15, 0.2) is 151 Å². The van der Waals surface area contributed by atoms with Crippen molar-refractivity contribution in [3.8, 4) is 22.8 Å². The molecule has 8 aromatic rings. The van der Waals surface area contributed by atoms with Gasteiger partial charge in [-0.05, 0) is 93.9 Å². The van der Waals surface area contributed by atoms with Crippen molar-refractivity contribution in [3.63, 3.8) is 0 Å². The molecule has 8 rings (SSSR count). The molecule has 0 aliphatic rings. The first-order chi connectivity index (χ1) is 34.7. The number of benzene rings is 5. The highest BCUT2D eigenvalue weighted by Gasteiger charge is 2.18. The van der Waals surface area contributed by atoms with Crippen LogP contribution in [0.1, 0.15) is 33.3 Å². The zero-order valence-electron chi connectivity index (χ0n) is 38.9. The highest BCUT2D eigenvalue weighted by molar-refractivity contribution is 7.98. The Hall–Kier alpha value is -7.20. The van der Waals surface area contributed by atoms with Crippen molar-refractivity contribution in [2.75, 3.05) is 46.6 Å². The first kappa shape index (κ1) is 51.2. The Morgan fingerprint density at radius 3 is 1.43 bits per heavy atom. The standard InChI is InChI=1S/C46H45N15O6S5/c1-5-60(6-2)32-20-22-36(54-56-45-49-40(58-69-45)30-16-12-18-34(24-30)71(62,63)64)38(26-32)47-42-51-43(53-44(52-42)68-28-29-14-10-9-11-15-29)48-39-27-33(61(7-3)8-4)21-23-37(39)55-57-46-50-41(59-70-46)31-17-13-19-35(25-31)72(65,66)67/h9-27H,5-8,28H2,1-4H3,(H,62,63,64)(H,65,66,67)(H2,47,48,51,52,53)/b56-54+,57-55+. The Balaban J connectivity index is 1.15. The summed E-state index contributed by atoms with van der Waals surface area (Å²) in [5.74, 6) is 1.37. The second kappa shape index (κ2) is 22.9. The van der Waals surface area contributed by atoms with E-state index >= 15 is 0 Å². The van der Waals surface area contributed by atoms with E-state index in [2.05, 4.69) is 87.3 Å². The lowest BCUT2D eigenvalue weighted by molar-refractivity contribution is 0.481. The molecule has 21 nitrogen and oxygen atoms in total. The van der Waals surface area contributed by atoms with Crippen LogP contribution >= 0.6 is 34.8 Å². The zero-order chi connectivity index (χ0) is 50.8. The van der Waals surface area contributed by atoms with E-state index in [1.165, 1.54) is 48.2 Å². The predicted molar refractivity (Wildman–Crippen MR) is 281 cm³/mol. The van der Waals surface area contributed by atoms with Gasteiger partial charge in [-0.3, -0.25) is 9.11 Å². The van der Waals surface area contributed by atoms with Gasteiger partial charge >= 0.3 is 0 Å². The average molecular weight is 1060 g/mol. The van der Waals surface area contributed by atoms with Crippen molar-refractivity contribution in [2.24, 2.45) is 20.5 Å². The fourth-order valence-electron chi connectivity index (χ4n) is 7.02. The number of rotatable bonds is 21. The molecule has 26 heteroatoms. The van der Waals surface area contributed by atoms with E-state index in [1.807, 2.05) is 66.7 Å². The number of hydrogen-bond donors (Lipinski definition) is 4. The van der Waals surface area contributed by atoms with Crippen LogP contribution < -0.4 is 20.4 Å². The molecular formula is C46H45N15O6S5. The van der Waals surface area contributed by atoms with Crippen LogP contribution in [0.3, 0.4) is 0 Å². The van der Waals surface area contributed by atoms with Crippen molar-refractivity contribution in [3.05, 3.63) is 121 Å². The van der Waals surface area contributed by atoms with Gasteiger partial charge in [0.25, 0.3) is 20.2 Å². The topological polar surface area (TPSA) is 279 Å². The SMILES string of the molecule is CCN(CC)c1ccc(/N=N/c2nc(-c3cccc(S(=O)(=O)O)c3)ns2)c(Nc2nc(Nc3cc(N(CC)CC)ccc3/N=N/c3nc(-c4cccc(S(=O)(=O)O)c4)ns3)nc(SCc3ccccc3)n2)c1. The second-order valence-electron chi connectivity index (χ2n) is 15.2. The van der Waals surface area contributed by atoms with E-state index in [9.17, 15) is 25.9 Å². The Bertz CT molecular complexity index is 3280. The van der Waals surface area contributed by atoms with Crippen LogP contribution in [0.4, 0.5) is 56.3 Å². The van der Waals surface area contributed by atoms with Gasteiger partial charge in [-0.15, -0.1) is 20.5 Å². The monoisotopic (exact) mass is 1060 g/mol. The number of anilines is 6. The number of aromatic nitrogens is 7. The third-order valence-electron chi connectivity index (χ3n) is 10.6. The van der Waals surface area contributed by atoms with E-state index < -0.39 is 20.2 Å². The molecule has 0 atom stereocenters. The molecule has 370 valence electrons. The Morgan fingerprint density at radius 1 is 0.542 bits per heavy atom. The Labute approximate surface area is 427 Å². The van der Waals surface area contributed by atoms with Gasteiger partial charge in [-0.1, -0.05) is 66.4 Å². The van der Waals surface area contributed by atoms with Gasteiger partial charge in [-0.2, -0.15) is 50.5 Å². The maximum absolute atomic E-state index is 11.8. The molecule has 5 aromatic carbocycles. The molecular weight excluding hydrogens is 1020 g/mol. The Kier molecular flexibility index (Phi) is 16.3. The molecule has 3 aromatic heterocycles. The first-order valence-electron chi connectivity index (χ1n) is 22.1. The molecule has 0 fully saturated rings. The molecule has 0 radical (unpaired) electrons. The number of hydrogen-bond acceptors (Lipinski definition) is 22. The van der Waals surface area contributed by atoms with Crippen molar-refractivity contribution < 1.29 is 25.9 Å². The van der Waals surface area contributed by atoms with E-state index in [-0.39, 0.29) is 43.6 Å². The third-order valence-corrected chi connectivity index (χ3v) is 14.5. The average Bonchev–Trinajstić information content (AvgIpc) is 4.07. The van der Waals surface area contributed by atoms with Crippen molar-refractivity contribution in [1.29, 1.82) is 0 Å². The smallest absolute Gasteiger partial charge is 0.294 e. The summed E-state index contributed by atoms with van der Waals surface area (Å²) >= 11 is 3.35. The molecule has 0 amide bonds. The van der Waals surface area contributed by atoms with Crippen molar-refractivity contribution in [2.45, 2.75) is 48.4 Å². The molecule has 0 saturated heterocycles. The van der Waals surface area contributed by atoms with E-state index in [1.54, 1.807) is 12.1 Å².